The molecule has 2 rings (SSSR count). The molecule has 0 spiro atoms. The summed E-state index contributed by atoms with van der Waals surface area (Å²) in [4.78, 5) is 11.6. The minimum atomic E-state index is -0.387. The van der Waals surface area contributed by atoms with Gasteiger partial charge in [0.25, 0.3) is 0 Å². The first kappa shape index (κ1) is 12.7. The second-order valence-corrected chi connectivity index (χ2v) is 3.75. The second-order valence-electron chi connectivity index (χ2n) is 3.75. The molecule has 3 heteroatoms. The summed E-state index contributed by atoms with van der Waals surface area (Å²) in [5, 5.41) is 3.19. The second kappa shape index (κ2) is 5.66. The summed E-state index contributed by atoms with van der Waals surface area (Å²) >= 11 is 0. The van der Waals surface area contributed by atoms with E-state index in [-0.39, 0.29) is 17.9 Å². The number of rotatable bonds is 2. The average molecular weight is 220 g/mol. The Labute approximate surface area is 97.0 Å². The molecule has 0 bridgehead atoms. The molecule has 1 heterocycles. The van der Waals surface area contributed by atoms with Crippen LogP contribution in [0.1, 0.15) is 26.3 Å². The molecule has 0 saturated carbocycles. The van der Waals surface area contributed by atoms with Gasteiger partial charge in [0.05, 0.1) is 12.1 Å². The van der Waals surface area contributed by atoms with Crippen LogP contribution in [0, 0.1) is 0 Å². The van der Waals surface area contributed by atoms with E-state index in [0.717, 1.165) is 12.1 Å². The van der Waals surface area contributed by atoms with Gasteiger partial charge in [-0.2, -0.15) is 0 Å². The van der Waals surface area contributed by atoms with E-state index in [1.165, 1.54) is 5.56 Å². The van der Waals surface area contributed by atoms with Crippen LogP contribution >= 0.6 is 0 Å². The van der Waals surface area contributed by atoms with Gasteiger partial charge in [-0.05, 0) is 18.6 Å². The zero-order chi connectivity index (χ0) is 12.1. The number of carbonyl (C=O) groups is 1. The molecule has 3 N–H and O–H groups in total. The molecule has 2 atom stereocenters. The minimum absolute atomic E-state index is 0.0844. The highest BCUT2D eigenvalue weighted by atomic mass is 16.1. The van der Waals surface area contributed by atoms with Crippen molar-refractivity contribution in [1.29, 1.82) is 0 Å². The number of carbonyl (C=O) groups excluding carboxylic acids is 1. The molecule has 1 aromatic carbocycles. The van der Waals surface area contributed by atoms with E-state index in [2.05, 4.69) is 5.32 Å². The molecule has 1 aromatic rings. The summed E-state index contributed by atoms with van der Waals surface area (Å²) in [5.74, 6) is 0.0844. The highest BCUT2D eigenvalue weighted by Gasteiger charge is 2.27. The molecular formula is C13H20N2O. The molecule has 0 aromatic heterocycles. The number of hydrogen-bond donors (Lipinski definition) is 2. The summed E-state index contributed by atoms with van der Waals surface area (Å²) in [6.45, 7) is 5.73. The van der Waals surface area contributed by atoms with Crippen molar-refractivity contribution in [3.8, 4) is 0 Å². The molecule has 0 aliphatic carbocycles. The molecule has 0 radical (unpaired) electrons. The number of hydrogen-bond acceptors (Lipinski definition) is 3. The fraction of sp³-hybridized carbons (Fsp3) is 0.462. The molecule has 0 saturated heterocycles. The number of benzene rings is 1. The van der Waals surface area contributed by atoms with Crippen molar-refractivity contribution >= 4 is 11.5 Å². The Morgan fingerprint density at radius 2 is 2.06 bits per heavy atom. The molecule has 1 aliphatic heterocycles. The zero-order valence-corrected chi connectivity index (χ0v) is 10.2. The van der Waals surface area contributed by atoms with E-state index in [1.54, 1.807) is 6.92 Å². The summed E-state index contributed by atoms with van der Waals surface area (Å²) in [6.07, 6.45) is 0.760. The van der Waals surface area contributed by atoms with Gasteiger partial charge >= 0.3 is 0 Å². The normalized spacial score (nSPS) is 18.9. The molecule has 0 amide bonds. The van der Waals surface area contributed by atoms with Gasteiger partial charge in [0, 0.05) is 12.1 Å². The summed E-state index contributed by atoms with van der Waals surface area (Å²) in [7, 11) is 0. The Kier molecular flexibility index (Phi) is 4.50. The van der Waals surface area contributed by atoms with Crippen LogP contribution in [0.2, 0.25) is 0 Å². The SMILES string of the molecule is CC.CC(N)C(=O)C1Cc2ccccc2N1. The number of fused-ring (bicyclic) bond motifs is 1. The van der Waals surface area contributed by atoms with E-state index in [9.17, 15) is 4.79 Å². The lowest BCUT2D eigenvalue weighted by molar-refractivity contribution is -0.120. The fourth-order valence-corrected chi connectivity index (χ4v) is 1.79. The number of ketones is 1. The standard InChI is InChI=1S/C11H14N2O.C2H6/c1-7(12)11(14)10-6-8-4-2-3-5-9(8)13-10;1-2/h2-5,7,10,13H,6,12H2,1H3;1-2H3. The van der Waals surface area contributed by atoms with Crippen molar-refractivity contribution in [3.63, 3.8) is 0 Å². The Morgan fingerprint density at radius 1 is 1.44 bits per heavy atom. The van der Waals surface area contributed by atoms with Crippen LogP contribution in [-0.2, 0) is 11.2 Å². The fourth-order valence-electron chi connectivity index (χ4n) is 1.79. The van der Waals surface area contributed by atoms with Crippen molar-refractivity contribution in [2.75, 3.05) is 5.32 Å². The molecule has 16 heavy (non-hydrogen) atoms. The molecular weight excluding hydrogens is 200 g/mol. The lowest BCUT2D eigenvalue weighted by Gasteiger charge is -2.12. The number of anilines is 1. The van der Waals surface area contributed by atoms with Gasteiger partial charge in [0.15, 0.2) is 5.78 Å². The minimum Gasteiger partial charge on any atom is -0.375 e. The monoisotopic (exact) mass is 220 g/mol. The van der Waals surface area contributed by atoms with E-state index in [0.29, 0.717) is 0 Å². The Hall–Kier alpha value is -1.35. The number of Topliss-reactive ketones (excluding diaryl/α,β-unsaturated/α-hetero) is 1. The van der Waals surface area contributed by atoms with Crippen LogP contribution in [0.25, 0.3) is 0 Å². The van der Waals surface area contributed by atoms with Gasteiger partial charge in [-0.15, -0.1) is 0 Å². The van der Waals surface area contributed by atoms with E-state index in [1.807, 2.05) is 38.1 Å². The third kappa shape index (κ3) is 2.61. The van der Waals surface area contributed by atoms with Gasteiger partial charge in [0.1, 0.15) is 0 Å². The molecule has 2 unspecified atom stereocenters. The van der Waals surface area contributed by atoms with Crippen LogP contribution in [0.5, 0.6) is 0 Å². The van der Waals surface area contributed by atoms with Crippen LogP contribution in [-0.4, -0.2) is 17.9 Å². The van der Waals surface area contributed by atoms with Crippen LogP contribution < -0.4 is 11.1 Å². The van der Waals surface area contributed by atoms with Crippen molar-refractivity contribution < 1.29 is 4.79 Å². The molecule has 88 valence electrons. The first-order valence-electron chi connectivity index (χ1n) is 5.82. The van der Waals surface area contributed by atoms with Gasteiger partial charge < -0.3 is 11.1 Å². The topological polar surface area (TPSA) is 55.1 Å². The van der Waals surface area contributed by atoms with E-state index >= 15 is 0 Å². The van der Waals surface area contributed by atoms with Crippen LogP contribution in [0.15, 0.2) is 24.3 Å². The van der Waals surface area contributed by atoms with Crippen molar-refractivity contribution in [1.82, 2.24) is 0 Å². The summed E-state index contributed by atoms with van der Waals surface area (Å²) < 4.78 is 0. The third-order valence-electron chi connectivity index (χ3n) is 2.56. The molecule has 0 fully saturated rings. The lowest BCUT2D eigenvalue weighted by Crippen LogP contribution is -2.39. The predicted molar refractivity (Wildman–Crippen MR) is 67.6 cm³/mol. The van der Waals surface area contributed by atoms with Crippen molar-refractivity contribution in [2.24, 2.45) is 5.73 Å². The quantitative estimate of drug-likeness (QED) is 0.801. The van der Waals surface area contributed by atoms with E-state index < -0.39 is 0 Å². The molecule has 1 aliphatic rings. The summed E-state index contributed by atoms with van der Waals surface area (Å²) in [5.41, 5.74) is 7.82. The highest BCUT2D eigenvalue weighted by Crippen LogP contribution is 2.25. The maximum atomic E-state index is 11.6. The first-order chi connectivity index (χ1) is 7.68. The smallest absolute Gasteiger partial charge is 0.171 e. The van der Waals surface area contributed by atoms with Crippen LogP contribution in [0.4, 0.5) is 5.69 Å². The summed E-state index contributed by atoms with van der Waals surface area (Å²) in [6, 6.07) is 7.46. The highest BCUT2D eigenvalue weighted by molar-refractivity contribution is 5.92. The number of nitrogens with two attached hydrogens (primary N) is 1. The molecule has 3 nitrogen and oxygen atoms in total. The van der Waals surface area contributed by atoms with Gasteiger partial charge in [0.2, 0.25) is 0 Å². The largest absolute Gasteiger partial charge is 0.375 e. The maximum Gasteiger partial charge on any atom is 0.171 e. The zero-order valence-electron chi connectivity index (χ0n) is 10.2. The van der Waals surface area contributed by atoms with Crippen molar-refractivity contribution in [3.05, 3.63) is 29.8 Å². The van der Waals surface area contributed by atoms with Gasteiger partial charge in [-0.25, -0.2) is 0 Å². The maximum absolute atomic E-state index is 11.6. The average Bonchev–Trinajstić information content (AvgIpc) is 2.74. The Morgan fingerprint density at radius 3 is 2.62 bits per heavy atom. The first-order valence-corrected chi connectivity index (χ1v) is 5.82. The van der Waals surface area contributed by atoms with Crippen molar-refractivity contribution in [2.45, 2.75) is 39.3 Å². The Bertz CT molecular complexity index is 336. The third-order valence-corrected chi connectivity index (χ3v) is 2.56. The van der Waals surface area contributed by atoms with E-state index in [4.69, 9.17) is 5.73 Å². The number of para-hydroxylation sites is 1. The Balaban J connectivity index is 0.000000606. The van der Waals surface area contributed by atoms with Gasteiger partial charge in [-0.1, -0.05) is 32.0 Å². The van der Waals surface area contributed by atoms with Gasteiger partial charge in [-0.3, -0.25) is 4.79 Å². The lowest BCUT2D eigenvalue weighted by atomic mass is 10.0. The number of nitrogens with one attached hydrogen (secondary N) is 1. The predicted octanol–water partition coefficient (Wildman–Crippen LogP) is 1.97. The van der Waals surface area contributed by atoms with Crippen LogP contribution in [0.3, 0.4) is 0 Å².